The highest BCUT2D eigenvalue weighted by molar-refractivity contribution is 6.13. The molecule has 0 aliphatic rings. The number of pyridine rings is 1. The molecule has 1 rings (SSSR count). The maximum Gasteiger partial charge on any atom is 0.424 e. The Kier molecular flexibility index (Phi) is 6.66. The Labute approximate surface area is 157 Å². The smallest absolute Gasteiger partial charge is 0.424 e. The Hall–Kier alpha value is -2.97. The van der Waals surface area contributed by atoms with Gasteiger partial charge >= 0.3 is 18.2 Å². The number of aromatic nitrogens is 1. The lowest BCUT2D eigenvalue weighted by Crippen LogP contribution is -2.44. The quantitative estimate of drug-likeness (QED) is 0.446. The molecule has 0 bridgehead atoms. The first-order chi connectivity index (χ1) is 12.3. The molecule has 9 heteroatoms. The zero-order chi connectivity index (χ0) is 21.0. The van der Waals surface area contributed by atoms with E-state index in [1.54, 1.807) is 41.5 Å². The third-order valence-corrected chi connectivity index (χ3v) is 2.79. The third-order valence-electron chi connectivity index (χ3n) is 2.79. The van der Waals surface area contributed by atoms with E-state index in [0.29, 0.717) is 11.2 Å². The predicted octanol–water partition coefficient (Wildman–Crippen LogP) is 3.36. The first kappa shape index (κ1) is 22.1. The maximum atomic E-state index is 12.7. The van der Waals surface area contributed by atoms with Crippen LogP contribution >= 0.6 is 0 Å². The van der Waals surface area contributed by atoms with Crippen molar-refractivity contribution < 1.29 is 33.4 Å². The average Bonchev–Trinajstić information content (AvgIpc) is 2.51. The highest BCUT2D eigenvalue weighted by Gasteiger charge is 2.36. The van der Waals surface area contributed by atoms with Crippen LogP contribution in [0, 0.1) is 0 Å². The maximum absolute atomic E-state index is 12.7. The van der Waals surface area contributed by atoms with Crippen molar-refractivity contribution in [2.24, 2.45) is 0 Å². The van der Waals surface area contributed by atoms with E-state index >= 15 is 0 Å². The fraction of sp³-hybridized carbons (Fsp3) is 0.500. The molecule has 0 aliphatic carbocycles. The van der Waals surface area contributed by atoms with E-state index in [1.807, 2.05) is 0 Å². The SMILES string of the molecule is COC(=O)c1nc(C=O)ccc1N(C(=O)OC(C)(C)C)C(=O)OC(C)(C)C. The van der Waals surface area contributed by atoms with Crippen LogP contribution in [0.4, 0.5) is 15.3 Å². The normalized spacial score (nSPS) is 11.4. The molecule has 0 saturated heterocycles. The van der Waals surface area contributed by atoms with E-state index < -0.39 is 35.1 Å². The predicted molar refractivity (Wildman–Crippen MR) is 95.9 cm³/mol. The Balaban J connectivity index is 3.54. The molecular weight excluding hydrogens is 356 g/mol. The number of hydrogen-bond donors (Lipinski definition) is 0. The minimum absolute atomic E-state index is 0.0764. The van der Waals surface area contributed by atoms with Crippen molar-refractivity contribution >= 4 is 30.1 Å². The number of rotatable bonds is 3. The highest BCUT2D eigenvalue weighted by Crippen LogP contribution is 2.25. The molecule has 1 aromatic rings. The van der Waals surface area contributed by atoms with E-state index in [9.17, 15) is 19.2 Å². The number of methoxy groups -OCH3 is 1. The molecule has 1 aromatic heterocycles. The molecule has 0 saturated carbocycles. The van der Waals surface area contributed by atoms with Crippen LogP contribution < -0.4 is 4.90 Å². The molecule has 0 unspecified atom stereocenters. The van der Waals surface area contributed by atoms with Crippen molar-refractivity contribution in [1.82, 2.24) is 4.98 Å². The van der Waals surface area contributed by atoms with Crippen molar-refractivity contribution in [2.75, 3.05) is 12.0 Å². The van der Waals surface area contributed by atoms with Crippen molar-refractivity contribution in [2.45, 2.75) is 52.7 Å². The zero-order valence-corrected chi connectivity index (χ0v) is 16.5. The topological polar surface area (TPSA) is 112 Å². The molecule has 1 heterocycles. The first-order valence-corrected chi connectivity index (χ1v) is 8.09. The molecule has 0 atom stereocenters. The lowest BCUT2D eigenvalue weighted by Gasteiger charge is -2.29. The van der Waals surface area contributed by atoms with E-state index in [2.05, 4.69) is 9.72 Å². The van der Waals surface area contributed by atoms with E-state index in [1.165, 1.54) is 12.1 Å². The molecule has 0 radical (unpaired) electrons. The van der Waals surface area contributed by atoms with Crippen LogP contribution in [-0.4, -0.2) is 47.7 Å². The van der Waals surface area contributed by atoms with Gasteiger partial charge in [0.05, 0.1) is 12.8 Å². The summed E-state index contributed by atoms with van der Waals surface area (Å²) in [6.45, 7) is 9.71. The summed E-state index contributed by atoms with van der Waals surface area (Å²) in [4.78, 5) is 52.8. The number of anilines is 1. The van der Waals surface area contributed by atoms with Gasteiger partial charge in [-0.15, -0.1) is 0 Å². The van der Waals surface area contributed by atoms with Crippen LogP contribution in [-0.2, 0) is 14.2 Å². The molecule has 0 N–H and O–H groups in total. The van der Waals surface area contributed by atoms with Crippen LogP contribution in [0.2, 0.25) is 0 Å². The summed E-state index contributed by atoms with van der Waals surface area (Å²) in [6, 6.07) is 2.47. The Morgan fingerprint density at radius 2 is 1.44 bits per heavy atom. The summed E-state index contributed by atoms with van der Waals surface area (Å²) >= 11 is 0. The Morgan fingerprint density at radius 3 is 1.81 bits per heavy atom. The van der Waals surface area contributed by atoms with Gasteiger partial charge in [0.25, 0.3) is 0 Å². The highest BCUT2D eigenvalue weighted by atomic mass is 16.6. The second-order valence-corrected chi connectivity index (χ2v) is 7.51. The monoisotopic (exact) mass is 380 g/mol. The van der Waals surface area contributed by atoms with Crippen LogP contribution in [0.5, 0.6) is 0 Å². The fourth-order valence-electron chi connectivity index (χ4n) is 1.85. The molecule has 9 nitrogen and oxygen atoms in total. The standard InChI is InChI=1S/C18H24N2O7/c1-17(2,3)26-15(23)20(16(24)27-18(4,5)6)12-9-8-11(10-21)19-13(12)14(22)25-7/h8-10H,1-7H3. The molecule has 0 aromatic carbocycles. The second kappa shape index (κ2) is 8.15. The number of esters is 1. The van der Waals surface area contributed by atoms with Gasteiger partial charge in [-0.05, 0) is 53.7 Å². The summed E-state index contributed by atoms with van der Waals surface area (Å²) in [6.07, 6.45) is -1.72. The summed E-state index contributed by atoms with van der Waals surface area (Å²) in [5.74, 6) is -0.939. The lowest BCUT2D eigenvalue weighted by atomic mass is 10.2. The summed E-state index contributed by atoms with van der Waals surface area (Å²) in [5.41, 5.74) is -2.54. The van der Waals surface area contributed by atoms with Crippen LogP contribution in [0.25, 0.3) is 0 Å². The average molecular weight is 380 g/mol. The van der Waals surface area contributed by atoms with Crippen molar-refractivity contribution in [3.8, 4) is 0 Å². The Morgan fingerprint density at radius 1 is 0.963 bits per heavy atom. The van der Waals surface area contributed by atoms with Crippen LogP contribution in [0.3, 0.4) is 0 Å². The summed E-state index contributed by atoms with van der Waals surface area (Å²) in [7, 11) is 1.10. The molecule has 0 fully saturated rings. The molecule has 148 valence electrons. The minimum atomic E-state index is -1.07. The van der Waals surface area contributed by atoms with Crippen molar-refractivity contribution in [3.05, 3.63) is 23.5 Å². The van der Waals surface area contributed by atoms with Gasteiger partial charge in [0, 0.05) is 0 Å². The molecule has 0 spiro atoms. The van der Waals surface area contributed by atoms with Crippen LogP contribution in [0.15, 0.2) is 12.1 Å². The van der Waals surface area contributed by atoms with Crippen molar-refractivity contribution in [1.29, 1.82) is 0 Å². The van der Waals surface area contributed by atoms with Gasteiger partial charge in [0.15, 0.2) is 12.0 Å². The zero-order valence-electron chi connectivity index (χ0n) is 16.5. The number of carbonyl (C=O) groups excluding carboxylic acids is 4. The van der Waals surface area contributed by atoms with E-state index in [0.717, 1.165) is 7.11 Å². The second-order valence-electron chi connectivity index (χ2n) is 7.51. The molecule has 27 heavy (non-hydrogen) atoms. The number of carbonyl (C=O) groups is 4. The molecule has 2 amide bonds. The largest absolute Gasteiger partial charge is 0.464 e. The van der Waals surface area contributed by atoms with Gasteiger partial charge in [0.1, 0.15) is 16.9 Å². The first-order valence-electron chi connectivity index (χ1n) is 8.09. The number of ether oxygens (including phenoxy) is 3. The van der Waals surface area contributed by atoms with Crippen LogP contribution in [0.1, 0.15) is 62.5 Å². The number of imide groups is 1. The number of hydrogen-bond acceptors (Lipinski definition) is 8. The Bertz CT molecular complexity index is 717. The minimum Gasteiger partial charge on any atom is -0.464 e. The summed E-state index contributed by atoms with van der Waals surface area (Å²) in [5, 5.41) is 0. The van der Waals surface area contributed by atoms with E-state index in [4.69, 9.17) is 9.47 Å². The van der Waals surface area contributed by atoms with Gasteiger partial charge in [0.2, 0.25) is 0 Å². The lowest BCUT2D eigenvalue weighted by molar-refractivity contribution is 0.0430. The molecular formula is C18H24N2O7. The fourth-order valence-corrected chi connectivity index (χ4v) is 1.85. The van der Waals surface area contributed by atoms with Gasteiger partial charge < -0.3 is 14.2 Å². The third kappa shape index (κ3) is 6.36. The number of aldehydes is 1. The van der Waals surface area contributed by atoms with E-state index in [-0.39, 0.29) is 11.4 Å². The van der Waals surface area contributed by atoms with Gasteiger partial charge in [-0.1, -0.05) is 0 Å². The van der Waals surface area contributed by atoms with Gasteiger partial charge in [-0.3, -0.25) is 4.79 Å². The number of nitrogens with zero attached hydrogens (tertiary/aromatic N) is 2. The van der Waals surface area contributed by atoms with Gasteiger partial charge in [-0.2, -0.15) is 4.90 Å². The van der Waals surface area contributed by atoms with Crippen molar-refractivity contribution in [3.63, 3.8) is 0 Å². The summed E-state index contributed by atoms with van der Waals surface area (Å²) < 4.78 is 15.1. The number of amides is 2. The molecule has 0 aliphatic heterocycles. The van der Waals surface area contributed by atoms with Gasteiger partial charge in [-0.25, -0.2) is 19.4 Å².